The molecule has 9 nitrogen and oxygen atoms in total. The Labute approximate surface area is 161 Å². The lowest BCUT2D eigenvalue weighted by molar-refractivity contribution is 0.0949. The Morgan fingerprint density at radius 1 is 1.29 bits per heavy atom. The summed E-state index contributed by atoms with van der Waals surface area (Å²) in [7, 11) is 0. The monoisotopic (exact) mass is 379 g/mol. The Balaban J connectivity index is 1.49. The number of amides is 1. The zero-order valence-electron chi connectivity index (χ0n) is 15.1. The van der Waals surface area contributed by atoms with Crippen LogP contribution in [0.3, 0.4) is 0 Å². The van der Waals surface area contributed by atoms with E-state index in [1.165, 1.54) is 6.33 Å². The highest BCUT2D eigenvalue weighted by atomic mass is 16.3. The Morgan fingerprint density at radius 2 is 2.14 bits per heavy atom. The lowest BCUT2D eigenvalue weighted by atomic mass is 10.1. The molecule has 0 radical (unpaired) electrons. The first-order valence-corrected chi connectivity index (χ1v) is 9.01. The van der Waals surface area contributed by atoms with Gasteiger partial charge in [-0.25, -0.2) is 14.6 Å². The Morgan fingerprint density at radius 3 is 2.93 bits per heavy atom. The number of benzene rings is 1. The average Bonchev–Trinajstić information content (AvgIpc) is 3.36. The minimum absolute atomic E-state index is 0.0925. The minimum Gasteiger partial charge on any atom is -0.391 e. The van der Waals surface area contributed by atoms with Crippen molar-refractivity contribution in [2.75, 3.05) is 23.7 Å². The highest BCUT2D eigenvalue weighted by Gasteiger charge is 2.32. The van der Waals surface area contributed by atoms with E-state index in [4.69, 9.17) is 5.73 Å². The number of nitrogens with one attached hydrogen (secondary N) is 1. The van der Waals surface area contributed by atoms with Crippen molar-refractivity contribution in [1.29, 1.82) is 0 Å². The van der Waals surface area contributed by atoms with Gasteiger partial charge >= 0.3 is 0 Å². The summed E-state index contributed by atoms with van der Waals surface area (Å²) in [6.07, 6.45) is 4.89. The third-order valence-corrected chi connectivity index (χ3v) is 4.76. The van der Waals surface area contributed by atoms with Crippen LogP contribution in [0.4, 0.5) is 11.6 Å². The van der Waals surface area contributed by atoms with Crippen LogP contribution in [0.25, 0.3) is 5.69 Å². The van der Waals surface area contributed by atoms with Crippen LogP contribution in [0.15, 0.2) is 55.1 Å². The topological polar surface area (TPSA) is 122 Å². The second-order valence-corrected chi connectivity index (χ2v) is 6.67. The molecule has 0 unspecified atom stereocenters. The van der Waals surface area contributed by atoms with E-state index in [9.17, 15) is 9.90 Å². The predicted octanol–water partition coefficient (Wildman–Crippen LogP) is 0.614. The number of nitrogens with zero attached hydrogens (tertiary/aromatic N) is 5. The number of aliphatic hydroxyl groups excluding tert-OH is 1. The number of rotatable bonds is 5. The molecule has 0 aliphatic carbocycles. The SMILES string of the molecule is Nc1cc(N2C[C@H](O)C[C@@H]2CNC(=O)c2ccccc2-n2cccn2)ncn1. The largest absolute Gasteiger partial charge is 0.391 e. The van der Waals surface area contributed by atoms with Gasteiger partial charge in [-0.1, -0.05) is 12.1 Å². The van der Waals surface area contributed by atoms with E-state index in [-0.39, 0.29) is 11.9 Å². The molecule has 0 bridgehead atoms. The maximum Gasteiger partial charge on any atom is 0.253 e. The fourth-order valence-corrected chi connectivity index (χ4v) is 3.47. The Kier molecular flexibility index (Phi) is 4.90. The molecule has 1 amide bonds. The van der Waals surface area contributed by atoms with Crippen molar-refractivity contribution in [2.24, 2.45) is 0 Å². The van der Waals surface area contributed by atoms with Crippen LogP contribution in [0.2, 0.25) is 0 Å². The van der Waals surface area contributed by atoms with E-state index in [0.717, 1.165) is 0 Å². The van der Waals surface area contributed by atoms with Crippen LogP contribution in [-0.4, -0.2) is 56.0 Å². The van der Waals surface area contributed by atoms with E-state index in [1.54, 1.807) is 35.3 Å². The third-order valence-electron chi connectivity index (χ3n) is 4.76. The van der Waals surface area contributed by atoms with Gasteiger partial charge in [-0.2, -0.15) is 5.10 Å². The lowest BCUT2D eigenvalue weighted by Gasteiger charge is -2.25. The van der Waals surface area contributed by atoms with Gasteiger partial charge in [0.05, 0.1) is 23.4 Å². The van der Waals surface area contributed by atoms with Gasteiger partial charge in [0.25, 0.3) is 5.91 Å². The molecule has 3 heterocycles. The Bertz CT molecular complexity index is 960. The summed E-state index contributed by atoms with van der Waals surface area (Å²) in [5.74, 6) is 0.803. The van der Waals surface area contributed by atoms with Crippen LogP contribution >= 0.6 is 0 Å². The molecule has 2 atom stereocenters. The molecule has 1 aromatic carbocycles. The number of β-amino-alcohol motifs (C(OH)–C–C–N with tert-alkyl or cyclic N) is 1. The number of anilines is 2. The molecule has 28 heavy (non-hydrogen) atoms. The fourth-order valence-electron chi connectivity index (χ4n) is 3.47. The van der Waals surface area contributed by atoms with E-state index in [2.05, 4.69) is 20.4 Å². The zero-order valence-corrected chi connectivity index (χ0v) is 15.1. The molecule has 144 valence electrons. The molecule has 1 saturated heterocycles. The van der Waals surface area contributed by atoms with Gasteiger partial charge in [0.1, 0.15) is 18.0 Å². The van der Waals surface area contributed by atoms with Crippen LogP contribution in [-0.2, 0) is 0 Å². The van der Waals surface area contributed by atoms with Gasteiger partial charge in [0.2, 0.25) is 0 Å². The number of aromatic nitrogens is 4. The van der Waals surface area contributed by atoms with Crippen LogP contribution in [0, 0.1) is 0 Å². The first-order chi connectivity index (χ1) is 13.6. The van der Waals surface area contributed by atoms with Gasteiger partial charge in [-0.3, -0.25) is 4.79 Å². The molecular weight excluding hydrogens is 358 g/mol. The summed E-state index contributed by atoms with van der Waals surface area (Å²) in [5, 5.41) is 17.3. The van der Waals surface area contributed by atoms with E-state index >= 15 is 0 Å². The molecule has 4 rings (SSSR count). The molecule has 0 saturated carbocycles. The number of carbonyl (C=O) groups is 1. The highest BCUT2D eigenvalue weighted by molar-refractivity contribution is 5.97. The summed E-state index contributed by atoms with van der Waals surface area (Å²) in [6, 6.07) is 10.7. The standard InChI is InChI=1S/C19H21N7O2/c20-17-9-18(23-12-22-17)25-11-14(27)8-13(25)10-21-19(28)15-4-1-2-5-16(15)26-7-3-6-24-26/h1-7,9,12-14,27H,8,10-11H2,(H,21,28)(H2,20,22,23)/t13-,14-/m1/s1. The summed E-state index contributed by atoms with van der Waals surface area (Å²) in [5.41, 5.74) is 6.98. The number of nitrogen functional groups attached to an aromatic ring is 1. The van der Waals surface area contributed by atoms with Crippen molar-refractivity contribution in [3.05, 3.63) is 60.7 Å². The Hall–Kier alpha value is -3.46. The van der Waals surface area contributed by atoms with Crippen molar-refractivity contribution in [1.82, 2.24) is 25.1 Å². The van der Waals surface area contributed by atoms with Crippen molar-refractivity contribution in [2.45, 2.75) is 18.6 Å². The van der Waals surface area contributed by atoms with E-state index < -0.39 is 6.10 Å². The molecule has 2 aromatic heterocycles. The van der Waals surface area contributed by atoms with Crippen molar-refractivity contribution in [3.63, 3.8) is 0 Å². The molecular formula is C19H21N7O2. The molecule has 1 aliphatic heterocycles. The molecule has 4 N–H and O–H groups in total. The van der Waals surface area contributed by atoms with Gasteiger partial charge in [-0.05, 0) is 24.6 Å². The van der Waals surface area contributed by atoms with Crippen molar-refractivity contribution >= 4 is 17.5 Å². The third kappa shape index (κ3) is 3.65. The molecule has 1 fully saturated rings. The number of aliphatic hydroxyl groups is 1. The number of hydrogen-bond donors (Lipinski definition) is 3. The molecule has 1 aliphatic rings. The average molecular weight is 379 g/mol. The summed E-state index contributed by atoms with van der Waals surface area (Å²) < 4.78 is 1.66. The normalized spacial score (nSPS) is 19.0. The van der Waals surface area contributed by atoms with Gasteiger partial charge in [-0.15, -0.1) is 0 Å². The predicted molar refractivity (Wildman–Crippen MR) is 104 cm³/mol. The number of hydrogen-bond acceptors (Lipinski definition) is 7. The molecule has 3 aromatic rings. The minimum atomic E-state index is -0.491. The summed E-state index contributed by atoms with van der Waals surface area (Å²) in [4.78, 5) is 22.9. The number of nitrogens with two attached hydrogens (primary N) is 1. The zero-order chi connectivity index (χ0) is 19.5. The van der Waals surface area contributed by atoms with Crippen molar-refractivity contribution < 1.29 is 9.90 Å². The fraction of sp³-hybridized carbons (Fsp3) is 0.263. The van der Waals surface area contributed by atoms with Gasteiger partial charge < -0.3 is 21.1 Å². The maximum atomic E-state index is 12.8. The van der Waals surface area contributed by atoms with Crippen LogP contribution in [0.5, 0.6) is 0 Å². The highest BCUT2D eigenvalue weighted by Crippen LogP contribution is 2.24. The number of carbonyl (C=O) groups excluding carboxylic acids is 1. The second-order valence-electron chi connectivity index (χ2n) is 6.67. The van der Waals surface area contributed by atoms with Crippen LogP contribution < -0.4 is 16.0 Å². The number of para-hydroxylation sites is 1. The first-order valence-electron chi connectivity index (χ1n) is 9.01. The van der Waals surface area contributed by atoms with Gasteiger partial charge in [0.15, 0.2) is 0 Å². The molecule has 9 heteroatoms. The van der Waals surface area contributed by atoms with Crippen LogP contribution in [0.1, 0.15) is 16.8 Å². The summed E-state index contributed by atoms with van der Waals surface area (Å²) >= 11 is 0. The smallest absolute Gasteiger partial charge is 0.253 e. The second kappa shape index (κ2) is 7.65. The van der Waals surface area contributed by atoms with E-state index in [1.807, 2.05) is 23.1 Å². The van der Waals surface area contributed by atoms with Gasteiger partial charge in [0, 0.05) is 31.5 Å². The lowest BCUT2D eigenvalue weighted by Crippen LogP contribution is -2.40. The van der Waals surface area contributed by atoms with E-state index in [0.29, 0.717) is 42.4 Å². The summed E-state index contributed by atoms with van der Waals surface area (Å²) in [6.45, 7) is 0.800. The quantitative estimate of drug-likeness (QED) is 0.594. The first kappa shape index (κ1) is 17.9. The van der Waals surface area contributed by atoms with Crippen molar-refractivity contribution in [3.8, 4) is 5.69 Å². The molecule has 0 spiro atoms. The maximum absolute atomic E-state index is 12.8.